The highest BCUT2D eigenvalue weighted by Crippen LogP contribution is 2.17. The van der Waals surface area contributed by atoms with E-state index in [0.717, 1.165) is 34.1 Å². The van der Waals surface area contributed by atoms with Gasteiger partial charge in [0, 0.05) is 24.6 Å². The van der Waals surface area contributed by atoms with Crippen LogP contribution in [-0.4, -0.2) is 50.6 Å². The van der Waals surface area contributed by atoms with Gasteiger partial charge in [-0.15, -0.1) is 23.5 Å². The van der Waals surface area contributed by atoms with Crippen molar-refractivity contribution >= 4 is 35.3 Å². The second-order valence-electron chi connectivity index (χ2n) is 6.38. The monoisotopic (exact) mass is 448 g/mol. The van der Waals surface area contributed by atoms with Crippen molar-refractivity contribution in [2.45, 2.75) is 11.5 Å². The summed E-state index contributed by atoms with van der Waals surface area (Å²) >= 11 is 3.10. The fraction of sp³-hybridized carbons (Fsp3) is 0.364. The molecule has 0 saturated heterocycles. The molecule has 2 aromatic carbocycles. The van der Waals surface area contributed by atoms with Crippen LogP contribution in [0.5, 0.6) is 11.5 Å². The fourth-order valence-corrected chi connectivity index (χ4v) is 4.11. The van der Waals surface area contributed by atoms with Crippen LogP contribution in [0.1, 0.15) is 11.1 Å². The first-order valence-electron chi connectivity index (χ1n) is 9.55. The molecule has 0 saturated carbocycles. The summed E-state index contributed by atoms with van der Waals surface area (Å²) in [6, 6.07) is 15.6. The van der Waals surface area contributed by atoms with E-state index in [9.17, 15) is 9.59 Å². The minimum absolute atomic E-state index is 0.0309. The normalized spacial score (nSPS) is 10.3. The summed E-state index contributed by atoms with van der Waals surface area (Å²) in [7, 11) is 3.27. The maximum absolute atomic E-state index is 11.9. The van der Waals surface area contributed by atoms with Crippen molar-refractivity contribution in [2.75, 3.05) is 38.8 Å². The Morgan fingerprint density at radius 1 is 0.700 bits per heavy atom. The maximum atomic E-state index is 11.9. The molecule has 0 unspecified atom stereocenters. The smallest absolute Gasteiger partial charge is 0.230 e. The number of hydrogen-bond acceptors (Lipinski definition) is 6. The molecule has 2 aromatic rings. The van der Waals surface area contributed by atoms with Crippen LogP contribution in [-0.2, 0) is 21.1 Å². The largest absolute Gasteiger partial charge is 0.497 e. The van der Waals surface area contributed by atoms with Gasteiger partial charge in [0.25, 0.3) is 0 Å². The first-order chi connectivity index (χ1) is 14.6. The molecule has 0 heterocycles. The lowest BCUT2D eigenvalue weighted by molar-refractivity contribution is -0.120. The summed E-state index contributed by atoms with van der Waals surface area (Å²) < 4.78 is 10.3. The Morgan fingerprint density at radius 2 is 1.07 bits per heavy atom. The van der Waals surface area contributed by atoms with Crippen molar-refractivity contribution in [3.05, 3.63) is 59.7 Å². The average molecular weight is 449 g/mol. The van der Waals surface area contributed by atoms with E-state index in [1.807, 2.05) is 48.5 Å². The van der Waals surface area contributed by atoms with Crippen molar-refractivity contribution in [3.63, 3.8) is 0 Å². The van der Waals surface area contributed by atoms with Crippen LogP contribution in [0, 0.1) is 0 Å². The van der Waals surface area contributed by atoms with Gasteiger partial charge in [-0.2, -0.15) is 0 Å². The second-order valence-corrected chi connectivity index (χ2v) is 8.35. The van der Waals surface area contributed by atoms with Crippen molar-refractivity contribution in [1.82, 2.24) is 10.6 Å². The number of benzene rings is 2. The highest BCUT2D eigenvalue weighted by molar-refractivity contribution is 7.99. The number of ether oxygens (including phenoxy) is 2. The minimum Gasteiger partial charge on any atom is -0.497 e. The van der Waals surface area contributed by atoms with E-state index in [4.69, 9.17) is 9.47 Å². The molecule has 0 aliphatic carbocycles. The summed E-state index contributed by atoms with van der Waals surface area (Å²) in [6.45, 7) is 0.855. The first kappa shape index (κ1) is 24.0. The summed E-state index contributed by atoms with van der Waals surface area (Å²) in [5, 5.41) is 5.64. The number of nitrogens with one attached hydrogen (secondary N) is 2. The van der Waals surface area contributed by atoms with Crippen LogP contribution in [0.4, 0.5) is 0 Å². The summed E-state index contributed by atoms with van der Waals surface area (Å²) in [4.78, 5) is 23.8. The van der Waals surface area contributed by atoms with Crippen molar-refractivity contribution in [1.29, 1.82) is 0 Å². The van der Waals surface area contributed by atoms with Crippen molar-refractivity contribution in [3.8, 4) is 11.5 Å². The molecular formula is C22H28N2O4S2. The lowest BCUT2D eigenvalue weighted by Crippen LogP contribution is -2.36. The molecule has 8 heteroatoms. The summed E-state index contributed by atoms with van der Waals surface area (Å²) in [6.07, 6.45) is 0. The predicted octanol–water partition coefficient (Wildman–Crippen LogP) is 3.10. The molecule has 0 aromatic heterocycles. The molecular weight excluding hydrogens is 420 g/mol. The zero-order valence-corrected chi connectivity index (χ0v) is 18.9. The lowest BCUT2D eigenvalue weighted by atomic mass is 10.2. The van der Waals surface area contributed by atoms with Crippen LogP contribution >= 0.6 is 23.5 Å². The van der Waals surface area contributed by atoms with E-state index < -0.39 is 0 Å². The van der Waals surface area contributed by atoms with Gasteiger partial charge in [-0.05, 0) is 35.4 Å². The third-order valence-corrected chi connectivity index (χ3v) is 6.10. The number of rotatable bonds is 13. The Hall–Kier alpha value is -2.32. The molecule has 0 fully saturated rings. The van der Waals surface area contributed by atoms with Crippen LogP contribution in [0.15, 0.2) is 48.5 Å². The summed E-state index contributed by atoms with van der Waals surface area (Å²) in [5.41, 5.74) is 2.29. The van der Waals surface area contributed by atoms with Gasteiger partial charge in [0.2, 0.25) is 11.8 Å². The quantitative estimate of drug-likeness (QED) is 0.459. The molecule has 0 radical (unpaired) electrons. The Labute approximate surface area is 186 Å². The van der Waals surface area contributed by atoms with Gasteiger partial charge in [0.1, 0.15) is 11.5 Å². The second kappa shape index (κ2) is 13.8. The minimum atomic E-state index is -0.0309. The predicted molar refractivity (Wildman–Crippen MR) is 124 cm³/mol. The average Bonchev–Trinajstić information content (AvgIpc) is 2.77. The van der Waals surface area contributed by atoms with Crippen LogP contribution in [0.25, 0.3) is 0 Å². The molecule has 30 heavy (non-hydrogen) atoms. The first-order valence-corrected chi connectivity index (χ1v) is 11.9. The van der Waals surface area contributed by atoms with Gasteiger partial charge >= 0.3 is 0 Å². The Bertz CT molecular complexity index is 715. The molecule has 0 aliphatic heterocycles. The van der Waals surface area contributed by atoms with Crippen LogP contribution in [0.2, 0.25) is 0 Å². The van der Waals surface area contributed by atoms with Gasteiger partial charge < -0.3 is 20.1 Å². The fourth-order valence-electron chi connectivity index (χ4n) is 2.47. The molecule has 6 nitrogen and oxygen atoms in total. The Morgan fingerprint density at radius 3 is 1.40 bits per heavy atom. The van der Waals surface area contributed by atoms with E-state index in [2.05, 4.69) is 10.6 Å². The molecule has 2 amide bonds. The van der Waals surface area contributed by atoms with Gasteiger partial charge in [-0.3, -0.25) is 9.59 Å². The molecule has 0 bridgehead atoms. The van der Waals surface area contributed by atoms with Gasteiger partial charge in [0.05, 0.1) is 25.7 Å². The van der Waals surface area contributed by atoms with Crippen LogP contribution < -0.4 is 20.1 Å². The maximum Gasteiger partial charge on any atom is 0.230 e. The number of thioether (sulfide) groups is 2. The number of carbonyl (C=O) groups is 2. The number of amides is 2. The van der Waals surface area contributed by atoms with Crippen LogP contribution in [0.3, 0.4) is 0 Å². The number of carbonyl (C=O) groups excluding carboxylic acids is 2. The van der Waals surface area contributed by atoms with Gasteiger partial charge in [-0.25, -0.2) is 0 Å². The lowest BCUT2D eigenvalue weighted by Gasteiger charge is -2.08. The number of methoxy groups -OCH3 is 2. The molecule has 0 aliphatic rings. The molecule has 0 atom stereocenters. The molecule has 2 rings (SSSR count). The third-order valence-electron chi connectivity index (χ3n) is 4.09. The van der Waals surface area contributed by atoms with E-state index in [-0.39, 0.29) is 11.8 Å². The SMILES string of the molecule is COc1ccc(CSCC(=O)NCCNC(=O)CSCc2ccc(OC)cc2)cc1. The topological polar surface area (TPSA) is 76.7 Å². The Balaban J connectivity index is 1.49. The van der Waals surface area contributed by atoms with E-state index >= 15 is 0 Å². The number of hydrogen-bond donors (Lipinski definition) is 2. The third kappa shape index (κ3) is 9.45. The van der Waals surface area contributed by atoms with Crippen molar-refractivity contribution < 1.29 is 19.1 Å². The Kier molecular flexibility index (Phi) is 11.0. The standard InChI is InChI=1S/C22H28N2O4S2/c1-27-19-7-3-17(4-8-19)13-29-15-21(25)23-11-12-24-22(26)16-30-14-18-5-9-20(28-2)10-6-18/h3-10H,11-16H2,1-2H3,(H,23,25)(H,24,26). The van der Waals surface area contributed by atoms with Gasteiger partial charge in [0.15, 0.2) is 0 Å². The van der Waals surface area contributed by atoms with E-state index in [1.165, 1.54) is 0 Å². The molecule has 162 valence electrons. The van der Waals surface area contributed by atoms with Crippen molar-refractivity contribution in [2.24, 2.45) is 0 Å². The van der Waals surface area contributed by atoms with E-state index in [1.54, 1.807) is 37.7 Å². The summed E-state index contributed by atoms with van der Waals surface area (Å²) in [5.74, 6) is 3.88. The molecule has 2 N–H and O–H groups in total. The van der Waals surface area contributed by atoms with E-state index in [0.29, 0.717) is 24.6 Å². The highest BCUT2D eigenvalue weighted by Gasteiger charge is 2.04. The van der Waals surface area contributed by atoms with Gasteiger partial charge in [-0.1, -0.05) is 24.3 Å². The zero-order valence-electron chi connectivity index (χ0n) is 17.3. The zero-order chi connectivity index (χ0) is 21.6. The molecule has 0 spiro atoms. The highest BCUT2D eigenvalue weighted by atomic mass is 32.2.